The molecule has 11 heavy (non-hydrogen) atoms. The second kappa shape index (κ2) is 1.88. The molecule has 2 saturated carbocycles. The van der Waals surface area contributed by atoms with Crippen LogP contribution in [0.25, 0.3) is 0 Å². The second-order valence-corrected chi connectivity index (χ2v) is 3.74. The van der Waals surface area contributed by atoms with Crippen LogP contribution in [0, 0.1) is 5.41 Å². The Morgan fingerprint density at radius 1 is 1.55 bits per heavy atom. The molecule has 0 aromatic rings. The molecular formula is C7H12N2O2. The van der Waals surface area contributed by atoms with Crippen LogP contribution in [-0.2, 0) is 0 Å². The van der Waals surface area contributed by atoms with E-state index < -0.39 is 6.09 Å². The minimum atomic E-state index is -0.910. The van der Waals surface area contributed by atoms with Gasteiger partial charge in [-0.2, -0.15) is 0 Å². The third-order valence-corrected chi connectivity index (χ3v) is 2.82. The van der Waals surface area contributed by atoms with Crippen LogP contribution >= 0.6 is 0 Å². The van der Waals surface area contributed by atoms with Gasteiger partial charge in [0.2, 0.25) is 0 Å². The van der Waals surface area contributed by atoms with Crippen molar-refractivity contribution >= 4 is 6.09 Å². The van der Waals surface area contributed by atoms with E-state index in [1.165, 1.54) is 0 Å². The van der Waals surface area contributed by atoms with Gasteiger partial charge in [0.05, 0.1) is 0 Å². The van der Waals surface area contributed by atoms with Crippen LogP contribution in [-0.4, -0.2) is 23.3 Å². The van der Waals surface area contributed by atoms with Gasteiger partial charge in [0.15, 0.2) is 0 Å². The Hall–Kier alpha value is -0.770. The average molecular weight is 156 g/mol. The number of carboxylic acid groups (broad SMARTS) is 1. The Kier molecular flexibility index (Phi) is 1.18. The van der Waals surface area contributed by atoms with Crippen molar-refractivity contribution in [3.63, 3.8) is 0 Å². The molecule has 0 radical (unpaired) electrons. The van der Waals surface area contributed by atoms with Crippen LogP contribution in [0.1, 0.15) is 19.3 Å². The summed E-state index contributed by atoms with van der Waals surface area (Å²) < 4.78 is 0. The number of carbonyl (C=O) groups is 1. The van der Waals surface area contributed by atoms with Crippen molar-refractivity contribution < 1.29 is 9.90 Å². The maximum atomic E-state index is 10.2. The highest BCUT2D eigenvalue weighted by Crippen LogP contribution is 2.59. The standard InChI is InChI=1S/C7H12N2O2/c8-4-1-7(2-4)3-5(7)9-6(10)11/h4-5,9H,1-3,8H2,(H,10,11). The smallest absolute Gasteiger partial charge is 0.404 e. The predicted molar refractivity (Wildman–Crippen MR) is 39.2 cm³/mol. The maximum Gasteiger partial charge on any atom is 0.404 e. The van der Waals surface area contributed by atoms with Crippen LogP contribution in [0.3, 0.4) is 0 Å². The molecule has 0 heterocycles. The highest BCUT2D eigenvalue weighted by Gasteiger charge is 2.61. The Labute approximate surface area is 64.8 Å². The maximum absolute atomic E-state index is 10.2. The van der Waals surface area contributed by atoms with Crippen molar-refractivity contribution in [3.05, 3.63) is 0 Å². The largest absolute Gasteiger partial charge is 0.465 e. The zero-order chi connectivity index (χ0) is 8.06. The molecule has 1 atom stereocenters. The summed E-state index contributed by atoms with van der Waals surface area (Å²) in [4.78, 5) is 10.2. The van der Waals surface area contributed by atoms with Crippen molar-refractivity contribution in [1.29, 1.82) is 0 Å². The molecule has 1 spiro atoms. The van der Waals surface area contributed by atoms with E-state index in [0.717, 1.165) is 19.3 Å². The first-order chi connectivity index (χ1) is 5.12. The number of amides is 1. The van der Waals surface area contributed by atoms with Crippen LogP contribution in [0.2, 0.25) is 0 Å². The lowest BCUT2D eigenvalue weighted by Gasteiger charge is -2.33. The van der Waals surface area contributed by atoms with E-state index in [4.69, 9.17) is 10.8 Å². The van der Waals surface area contributed by atoms with Gasteiger partial charge in [-0.3, -0.25) is 0 Å². The number of hydrogen-bond donors (Lipinski definition) is 3. The lowest BCUT2D eigenvalue weighted by atomic mass is 9.77. The van der Waals surface area contributed by atoms with E-state index in [1.54, 1.807) is 0 Å². The molecule has 1 unspecified atom stereocenters. The second-order valence-electron chi connectivity index (χ2n) is 3.74. The lowest BCUT2D eigenvalue weighted by molar-refractivity contribution is 0.182. The molecule has 0 saturated heterocycles. The first kappa shape index (κ1) is 6.91. The fourth-order valence-corrected chi connectivity index (χ4v) is 2.14. The summed E-state index contributed by atoms with van der Waals surface area (Å²) in [6.45, 7) is 0. The Morgan fingerprint density at radius 2 is 2.18 bits per heavy atom. The van der Waals surface area contributed by atoms with Gasteiger partial charge in [-0.1, -0.05) is 0 Å². The minimum Gasteiger partial charge on any atom is -0.465 e. The van der Waals surface area contributed by atoms with Crippen LogP contribution in [0.5, 0.6) is 0 Å². The van der Waals surface area contributed by atoms with Crippen molar-refractivity contribution in [2.45, 2.75) is 31.3 Å². The third-order valence-electron chi connectivity index (χ3n) is 2.82. The quantitative estimate of drug-likeness (QED) is 0.505. The molecule has 62 valence electrons. The molecule has 0 aromatic heterocycles. The SMILES string of the molecule is NC1CC2(C1)CC2NC(=O)O. The van der Waals surface area contributed by atoms with E-state index in [1.807, 2.05) is 0 Å². The van der Waals surface area contributed by atoms with Crippen molar-refractivity contribution in [2.24, 2.45) is 11.1 Å². The van der Waals surface area contributed by atoms with E-state index in [2.05, 4.69) is 5.32 Å². The summed E-state index contributed by atoms with van der Waals surface area (Å²) >= 11 is 0. The number of rotatable bonds is 1. The molecule has 4 N–H and O–H groups in total. The first-order valence-corrected chi connectivity index (χ1v) is 3.87. The van der Waals surface area contributed by atoms with E-state index in [9.17, 15) is 4.79 Å². The van der Waals surface area contributed by atoms with Crippen molar-refractivity contribution in [2.75, 3.05) is 0 Å². The van der Waals surface area contributed by atoms with Crippen LogP contribution < -0.4 is 11.1 Å². The van der Waals surface area contributed by atoms with Crippen molar-refractivity contribution in [3.8, 4) is 0 Å². The fraction of sp³-hybridized carbons (Fsp3) is 0.857. The normalized spacial score (nSPS) is 46.6. The number of nitrogens with two attached hydrogens (primary N) is 1. The van der Waals surface area contributed by atoms with Crippen LogP contribution in [0.15, 0.2) is 0 Å². The topological polar surface area (TPSA) is 75.3 Å². The Bertz CT molecular complexity index is 199. The lowest BCUT2D eigenvalue weighted by Crippen LogP contribution is -2.42. The predicted octanol–water partition coefficient (Wildman–Crippen LogP) is 0.134. The summed E-state index contributed by atoms with van der Waals surface area (Å²) in [5, 5.41) is 10.9. The molecule has 0 bridgehead atoms. The molecule has 0 aliphatic heterocycles. The van der Waals surface area contributed by atoms with Gasteiger partial charge in [0.1, 0.15) is 0 Å². The molecule has 4 heteroatoms. The van der Waals surface area contributed by atoms with E-state index in [-0.39, 0.29) is 11.5 Å². The molecule has 1 amide bonds. The zero-order valence-electron chi connectivity index (χ0n) is 6.21. The van der Waals surface area contributed by atoms with E-state index >= 15 is 0 Å². The third kappa shape index (κ3) is 0.976. The molecule has 2 aliphatic rings. The zero-order valence-corrected chi connectivity index (χ0v) is 6.21. The Balaban J connectivity index is 1.82. The molecule has 2 fully saturated rings. The molecule has 0 aromatic carbocycles. The minimum absolute atomic E-state index is 0.194. The van der Waals surface area contributed by atoms with Gasteiger partial charge < -0.3 is 16.2 Å². The van der Waals surface area contributed by atoms with Gasteiger partial charge in [0.25, 0.3) is 0 Å². The monoisotopic (exact) mass is 156 g/mol. The highest BCUT2D eigenvalue weighted by molar-refractivity contribution is 5.65. The summed E-state index contributed by atoms with van der Waals surface area (Å²) in [5.41, 5.74) is 5.89. The van der Waals surface area contributed by atoms with Gasteiger partial charge in [0, 0.05) is 12.1 Å². The summed E-state index contributed by atoms with van der Waals surface area (Å²) in [6.07, 6.45) is 2.08. The molecule has 2 aliphatic carbocycles. The van der Waals surface area contributed by atoms with E-state index in [0.29, 0.717) is 6.04 Å². The summed E-state index contributed by atoms with van der Waals surface area (Å²) in [7, 11) is 0. The molecule has 2 rings (SSSR count). The molecule has 4 nitrogen and oxygen atoms in total. The molecular weight excluding hydrogens is 144 g/mol. The fourth-order valence-electron chi connectivity index (χ4n) is 2.14. The average Bonchev–Trinajstić information content (AvgIpc) is 2.39. The van der Waals surface area contributed by atoms with Gasteiger partial charge in [-0.15, -0.1) is 0 Å². The number of nitrogens with one attached hydrogen (secondary N) is 1. The number of hydrogen-bond acceptors (Lipinski definition) is 2. The van der Waals surface area contributed by atoms with Gasteiger partial charge in [-0.05, 0) is 24.7 Å². The summed E-state index contributed by atoms with van der Waals surface area (Å²) in [6, 6.07) is 0.510. The van der Waals surface area contributed by atoms with Gasteiger partial charge >= 0.3 is 6.09 Å². The Morgan fingerprint density at radius 3 is 2.64 bits per heavy atom. The first-order valence-electron chi connectivity index (χ1n) is 3.87. The van der Waals surface area contributed by atoms with Gasteiger partial charge in [-0.25, -0.2) is 4.79 Å². The summed E-state index contributed by atoms with van der Waals surface area (Å²) in [5.74, 6) is 0. The van der Waals surface area contributed by atoms with Crippen LogP contribution in [0.4, 0.5) is 4.79 Å². The van der Waals surface area contributed by atoms with Crippen molar-refractivity contribution in [1.82, 2.24) is 5.32 Å². The highest BCUT2D eigenvalue weighted by atomic mass is 16.4.